The van der Waals surface area contributed by atoms with E-state index in [9.17, 15) is 0 Å². The molecule has 3 heteroatoms. The van der Waals surface area contributed by atoms with Gasteiger partial charge in [-0.1, -0.05) is 38.8 Å². The molecule has 1 aromatic rings. The maximum absolute atomic E-state index is 5.87. The smallest absolute Gasteiger partial charge is 0.119 e. The van der Waals surface area contributed by atoms with Crippen molar-refractivity contribution in [3.63, 3.8) is 0 Å². The number of ether oxygens (including phenoxy) is 1. The number of hydrogen-bond acceptors (Lipinski definition) is 3. The van der Waals surface area contributed by atoms with Gasteiger partial charge in [0.05, 0.1) is 0 Å². The lowest BCUT2D eigenvalue weighted by Crippen LogP contribution is -2.29. The molecule has 0 radical (unpaired) electrons. The van der Waals surface area contributed by atoms with Crippen LogP contribution in [0.15, 0.2) is 24.3 Å². The lowest BCUT2D eigenvalue weighted by Gasteiger charge is -2.19. The number of benzene rings is 1. The molecule has 0 atom stereocenters. The molecule has 0 bridgehead atoms. The van der Waals surface area contributed by atoms with Gasteiger partial charge in [0.2, 0.25) is 0 Å². The second-order valence-corrected chi connectivity index (χ2v) is 6.28. The van der Waals surface area contributed by atoms with Crippen LogP contribution in [-0.4, -0.2) is 37.2 Å². The van der Waals surface area contributed by atoms with Crippen LogP contribution in [0.2, 0.25) is 0 Å². The highest BCUT2D eigenvalue weighted by molar-refractivity contribution is 5.27. The van der Waals surface area contributed by atoms with Crippen LogP contribution >= 0.6 is 0 Å². The first-order valence-corrected chi connectivity index (χ1v) is 8.41. The zero-order chi connectivity index (χ0) is 14.9. The first-order chi connectivity index (χ1) is 10.2. The van der Waals surface area contributed by atoms with Crippen molar-refractivity contribution in [2.75, 3.05) is 26.2 Å². The van der Waals surface area contributed by atoms with E-state index < -0.39 is 0 Å². The Morgan fingerprint density at radius 3 is 2.33 bits per heavy atom. The molecule has 1 aliphatic rings. The lowest BCUT2D eigenvalue weighted by molar-refractivity contribution is 0.214. The Balaban J connectivity index is 1.68. The summed E-state index contributed by atoms with van der Waals surface area (Å²) in [5, 5.41) is 3.43. The summed E-state index contributed by atoms with van der Waals surface area (Å²) < 4.78 is 5.87. The minimum absolute atomic E-state index is 0.523. The fraction of sp³-hybridized carbons (Fsp3) is 0.667. The van der Waals surface area contributed by atoms with E-state index >= 15 is 0 Å². The molecule has 0 aliphatic carbocycles. The minimum Gasteiger partial charge on any atom is -0.492 e. The third-order valence-corrected chi connectivity index (χ3v) is 4.01. The van der Waals surface area contributed by atoms with Gasteiger partial charge in [-0.05, 0) is 43.6 Å². The lowest BCUT2D eigenvalue weighted by atomic mass is 10.2. The maximum Gasteiger partial charge on any atom is 0.119 e. The molecule has 0 spiro atoms. The van der Waals surface area contributed by atoms with Crippen LogP contribution in [0.4, 0.5) is 0 Å². The fourth-order valence-electron chi connectivity index (χ4n) is 2.68. The van der Waals surface area contributed by atoms with Crippen LogP contribution in [0.1, 0.15) is 45.1 Å². The molecular weight excluding hydrogens is 260 g/mol. The monoisotopic (exact) mass is 290 g/mol. The standard InChI is InChI=1S/C18H30N2O/c1-16(2)19-15-17-7-9-18(10-8-17)21-14-13-20-11-5-3-4-6-12-20/h7-10,16,19H,3-6,11-15H2,1-2H3. The van der Waals surface area contributed by atoms with E-state index in [-0.39, 0.29) is 0 Å². The Morgan fingerprint density at radius 1 is 1.05 bits per heavy atom. The van der Waals surface area contributed by atoms with Crippen LogP contribution in [0.3, 0.4) is 0 Å². The Labute approximate surface area is 129 Å². The van der Waals surface area contributed by atoms with Gasteiger partial charge in [0.15, 0.2) is 0 Å². The first kappa shape index (κ1) is 16.3. The molecule has 0 amide bonds. The summed E-state index contributed by atoms with van der Waals surface area (Å²) in [7, 11) is 0. The van der Waals surface area contributed by atoms with E-state index in [0.717, 1.165) is 25.4 Å². The molecule has 1 saturated heterocycles. The van der Waals surface area contributed by atoms with Crippen LogP contribution in [0.5, 0.6) is 5.75 Å². The van der Waals surface area contributed by atoms with E-state index in [1.165, 1.54) is 44.3 Å². The number of likely N-dealkylation sites (tertiary alicyclic amines) is 1. The largest absolute Gasteiger partial charge is 0.492 e. The van der Waals surface area contributed by atoms with Crippen LogP contribution in [-0.2, 0) is 6.54 Å². The molecule has 118 valence electrons. The van der Waals surface area contributed by atoms with Crippen LogP contribution < -0.4 is 10.1 Å². The molecule has 3 nitrogen and oxygen atoms in total. The van der Waals surface area contributed by atoms with Crippen molar-refractivity contribution in [1.82, 2.24) is 10.2 Å². The summed E-state index contributed by atoms with van der Waals surface area (Å²) in [6.07, 6.45) is 5.47. The van der Waals surface area contributed by atoms with Crippen molar-refractivity contribution in [1.29, 1.82) is 0 Å². The zero-order valence-electron chi connectivity index (χ0n) is 13.6. The van der Waals surface area contributed by atoms with Gasteiger partial charge < -0.3 is 10.1 Å². The van der Waals surface area contributed by atoms with Gasteiger partial charge in [0, 0.05) is 19.1 Å². The molecule has 1 heterocycles. The third kappa shape index (κ3) is 6.49. The summed E-state index contributed by atoms with van der Waals surface area (Å²) in [4.78, 5) is 2.54. The fourth-order valence-corrected chi connectivity index (χ4v) is 2.68. The van der Waals surface area contributed by atoms with E-state index in [1.807, 2.05) is 0 Å². The second-order valence-electron chi connectivity index (χ2n) is 6.28. The van der Waals surface area contributed by atoms with Crippen molar-refractivity contribution in [2.45, 2.75) is 52.1 Å². The molecule has 0 saturated carbocycles. The van der Waals surface area contributed by atoms with E-state index in [2.05, 4.69) is 48.3 Å². The topological polar surface area (TPSA) is 24.5 Å². The predicted octanol–water partition coefficient (Wildman–Crippen LogP) is 3.44. The van der Waals surface area contributed by atoms with Crippen molar-refractivity contribution >= 4 is 0 Å². The van der Waals surface area contributed by atoms with Crippen LogP contribution in [0.25, 0.3) is 0 Å². The molecule has 0 unspecified atom stereocenters. The Kier molecular flexibility index (Phi) is 7.04. The normalized spacial score (nSPS) is 16.9. The van der Waals surface area contributed by atoms with Crippen molar-refractivity contribution < 1.29 is 4.74 Å². The highest BCUT2D eigenvalue weighted by atomic mass is 16.5. The molecule has 2 rings (SSSR count). The van der Waals surface area contributed by atoms with Crippen molar-refractivity contribution in [3.8, 4) is 5.75 Å². The quantitative estimate of drug-likeness (QED) is 0.832. The third-order valence-electron chi connectivity index (χ3n) is 4.01. The number of hydrogen-bond donors (Lipinski definition) is 1. The van der Waals surface area contributed by atoms with Gasteiger partial charge in [-0.2, -0.15) is 0 Å². The van der Waals surface area contributed by atoms with Gasteiger partial charge in [-0.25, -0.2) is 0 Å². The summed E-state index contributed by atoms with van der Waals surface area (Å²) in [5.74, 6) is 0.984. The molecule has 21 heavy (non-hydrogen) atoms. The summed E-state index contributed by atoms with van der Waals surface area (Å²) in [5.41, 5.74) is 1.31. The van der Waals surface area contributed by atoms with Crippen LogP contribution in [0, 0.1) is 0 Å². The van der Waals surface area contributed by atoms with Crippen molar-refractivity contribution in [2.24, 2.45) is 0 Å². The summed E-state index contributed by atoms with van der Waals surface area (Å²) in [6, 6.07) is 8.99. The second kappa shape index (κ2) is 9.06. The molecule has 1 aliphatic heterocycles. The first-order valence-electron chi connectivity index (χ1n) is 8.41. The maximum atomic E-state index is 5.87. The molecule has 1 aromatic carbocycles. The average Bonchev–Trinajstić information content (AvgIpc) is 2.75. The Hall–Kier alpha value is -1.06. The van der Waals surface area contributed by atoms with E-state index in [1.54, 1.807) is 0 Å². The molecular formula is C18H30N2O. The van der Waals surface area contributed by atoms with Gasteiger partial charge >= 0.3 is 0 Å². The van der Waals surface area contributed by atoms with E-state index in [0.29, 0.717) is 6.04 Å². The average molecular weight is 290 g/mol. The molecule has 1 N–H and O–H groups in total. The number of rotatable bonds is 7. The van der Waals surface area contributed by atoms with E-state index in [4.69, 9.17) is 4.74 Å². The highest BCUT2D eigenvalue weighted by Crippen LogP contribution is 2.13. The molecule has 1 fully saturated rings. The summed E-state index contributed by atoms with van der Waals surface area (Å²) >= 11 is 0. The Bertz CT molecular complexity index is 381. The van der Waals surface area contributed by atoms with Gasteiger partial charge in [-0.3, -0.25) is 4.90 Å². The Morgan fingerprint density at radius 2 is 1.71 bits per heavy atom. The SMILES string of the molecule is CC(C)NCc1ccc(OCCN2CCCCCC2)cc1. The van der Waals surface area contributed by atoms with Crippen molar-refractivity contribution in [3.05, 3.63) is 29.8 Å². The van der Waals surface area contributed by atoms with Gasteiger partial charge in [0.25, 0.3) is 0 Å². The number of nitrogens with one attached hydrogen (secondary N) is 1. The highest BCUT2D eigenvalue weighted by Gasteiger charge is 2.08. The minimum atomic E-state index is 0.523. The number of nitrogens with zero attached hydrogens (tertiary/aromatic N) is 1. The van der Waals surface area contributed by atoms with Gasteiger partial charge in [-0.15, -0.1) is 0 Å². The van der Waals surface area contributed by atoms with Gasteiger partial charge in [0.1, 0.15) is 12.4 Å². The zero-order valence-corrected chi connectivity index (χ0v) is 13.6. The molecule has 0 aromatic heterocycles. The summed E-state index contributed by atoms with van der Waals surface area (Å²) in [6.45, 7) is 9.58. The predicted molar refractivity (Wildman–Crippen MR) is 88.8 cm³/mol.